The fourth-order valence-electron chi connectivity index (χ4n) is 0. The standard InChI is InChI=1S/Fe.2H2O2P/c;2*1-3-2/h;2*1,3H/q+2;2*-1. The van der Waals surface area contributed by atoms with Crippen LogP contribution in [0.15, 0.2) is 0 Å². The van der Waals surface area contributed by atoms with Gasteiger partial charge in [-0.05, 0) is 0 Å². The van der Waals surface area contributed by atoms with Crippen molar-refractivity contribution in [1.29, 1.82) is 0 Å². The van der Waals surface area contributed by atoms with Crippen molar-refractivity contribution in [2.75, 3.05) is 0 Å². The third-order valence-corrected chi connectivity index (χ3v) is 0. The van der Waals surface area contributed by atoms with Gasteiger partial charge in [0, 0.05) is 0 Å². The van der Waals surface area contributed by atoms with Crippen molar-refractivity contribution in [3.8, 4) is 0 Å². The minimum atomic E-state index is -1.17. The Morgan fingerprint density at radius 1 is 1.00 bits per heavy atom. The molecule has 2 N–H and O–H groups in total. The molecule has 0 rings (SSSR count). The maximum Gasteiger partial charge on any atom is 2.00 e. The second-order valence-corrected chi connectivity index (χ2v) is 0.548. The molecule has 2 unspecified atom stereocenters. The first-order valence-corrected chi connectivity index (χ1v) is 2.57. The van der Waals surface area contributed by atoms with Gasteiger partial charge in [-0.2, -0.15) is 0 Å². The van der Waals surface area contributed by atoms with Crippen LogP contribution in [0.3, 0.4) is 0 Å². The summed E-state index contributed by atoms with van der Waals surface area (Å²) in [6.45, 7) is 0. The molecule has 0 saturated carbocycles. The van der Waals surface area contributed by atoms with E-state index in [0.717, 1.165) is 0 Å². The van der Waals surface area contributed by atoms with Gasteiger partial charge in [-0.3, -0.25) is 0 Å². The summed E-state index contributed by atoms with van der Waals surface area (Å²) in [5.74, 6) is 0. The first-order valence-electron chi connectivity index (χ1n) is 0.855. The van der Waals surface area contributed by atoms with Crippen molar-refractivity contribution in [3.05, 3.63) is 0 Å². The summed E-state index contributed by atoms with van der Waals surface area (Å²) >= 11 is 0. The van der Waals surface area contributed by atoms with Gasteiger partial charge in [0.25, 0.3) is 0 Å². The van der Waals surface area contributed by atoms with Crippen molar-refractivity contribution in [2.45, 2.75) is 0 Å². The molecule has 0 aliphatic rings. The van der Waals surface area contributed by atoms with Gasteiger partial charge in [-0.25, -0.2) is 0 Å². The smallest absolute Gasteiger partial charge is 0.811 e. The van der Waals surface area contributed by atoms with E-state index in [1.165, 1.54) is 0 Å². The molecule has 0 aromatic carbocycles. The molecule has 0 aliphatic carbocycles. The molecule has 7 heteroatoms. The van der Waals surface area contributed by atoms with E-state index in [1.54, 1.807) is 0 Å². The first kappa shape index (κ1) is 15.7. The first-order chi connectivity index (χ1) is 2.83. The summed E-state index contributed by atoms with van der Waals surface area (Å²) in [7, 11) is -2.33. The van der Waals surface area contributed by atoms with Crippen LogP contribution in [0.25, 0.3) is 0 Å². The van der Waals surface area contributed by atoms with Gasteiger partial charge < -0.3 is 19.6 Å². The Morgan fingerprint density at radius 3 is 1.00 bits per heavy atom. The molecule has 2 atom stereocenters. The van der Waals surface area contributed by atoms with Crippen LogP contribution in [0, 0.1) is 0 Å². The quantitative estimate of drug-likeness (QED) is 0.328. The summed E-state index contributed by atoms with van der Waals surface area (Å²) in [6.07, 6.45) is 0. The third kappa shape index (κ3) is 132. The van der Waals surface area contributed by atoms with Gasteiger partial charge >= 0.3 is 17.1 Å². The van der Waals surface area contributed by atoms with Crippen LogP contribution in [-0.2, 0) is 17.1 Å². The van der Waals surface area contributed by atoms with E-state index in [2.05, 4.69) is 0 Å². The van der Waals surface area contributed by atoms with Crippen LogP contribution in [0.2, 0.25) is 0 Å². The predicted molar refractivity (Wildman–Crippen MR) is 21.1 cm³/mol. The van der Waals surface area contributed by atoms with Crippen LogP contribution in [0.1, 0.15) is 0 Å². The number of hydrogen-bond donors (Lipinski definition) is 2. The van der Waals surface area contributed by atoms with E-state index in [4.69, 9.17) is 19.6 Å². The molecule has 46 valence electrons. The van der Waals surface area contributed by atoms with Gasteiger partial charge in [-0.15, -0.1) is 0 Å². The summed E-state index contributed by atoms with van der Waals surface area (Å²) in [6, 6.07) is 0. The van der Waals surface area contributed by atoms with Crippen LogP contribution in [0.4, 0.5) is 0 Å². The maximum absolute atomic E-state index is 8.51. The Hall–Kier alpha value is 1.22. The van der Waals surface area contributed by atoms with Crippen LogP contribution < -0.4 is 9.79 Å². The summed E-state index contributed by atoms with van der Waals surface area (Å²) in [4.78, 5) is 31.1. The monoisotopic (exact) mass is 186 g/mol. The zero-order valence-electron chi connectivity index (χ0n) is 3.06. The number of rotatable bonds is 0. The van der Waals surface area contributed by atoms with Crippen molar-refractivity contribution in [2.24, 2.45) is 0 Å². The fourth-order valence-corrected chi connectivity index (χ4v) is 0. The zero-order chi connectivity index (χ0) is 5.41. The van der Waals surface area contributed by atoms with Crippen molar-refractivity contribution in [3.63, 3.8) is 0 Å². The third-order valence-electron chi connectivity index (χ3n) is 0. The molecule has 0 amide bonds. The predicted octanol–water partition coefficient (Wildman–Crippen LogP) is -2.31. The SMILES string of the molecule is [Fe+2].[O-]PO.[O-]PO. The van der Waals surface area contributed by atoms with Crippen LogP contribution >= 0.6 is 18.1 Å². The van der Waals surface area contributed by atoms with Crippen LogP contribution in [0.5, 0.6) is 0 Å². The van der Waals surface area contributed by atoms with Gasteiger partial charge in [0.1, 0.15) is 0 Å². The van der Waals surface area contributed by atoms with Gasteiger partial charge in [0.15, 0.2) is 0 Å². The van der Waals surface area contributed by atoms with Crippen molar-refractivity contribution < 1.29 is 36.6 Å². The molecule has 0 fully saturated rings. The number of hydrogen-bond acceptors (Lipinski definition) is 4. The molecule has 7 heavy (non-hydrogen) atoms. The van der Waals surface area contributed by atoms with Crippen molar-refractivity contribution >= 4 is 18.1 Å². The van der Waals surface area contributed by atoms with E-state index in [0.29, 0.717) is 0 Å². The minimum Gasteiger partial charge on any atom is -0.811 e. The summed E-state index contributed by atoms with van der Waals surface area (Å²) < 4.78 is 0. The molecule has 0 radical (unpaired) electrons. The maximum atomic E-state index is 8.51. The Balaban J connectivity index is -0.0000000400. The van der Waals surface area contributed by atoms with Gasteiger partial charge in [0.05, 0.1) is 0 Å². The molecular formula is H4FeO4P2. The Morgan fingerprint density at radius 2 is 1.00 bits per heavy atom. The van der Waals surface area contributed by atoms with E-state index >= 15 is 0 Å². The molecule has 0 aromatic heterocycles. The second-order valence-electron chi connectivity index (χ2n) is 0.183. The molecule has 0 saturated heterocycles. The fraction of sp³-hybridized carbons (Fsp3) is 0. The molecule has 0 spiro atoms. The molecular weight excluding hydrogens is 182 g/mol. The zero-order valence-corrected chi connectivity index (χ0v) is 6.17. The molecule has 0 aliphatic heterocycles. The Bertz CT molecular complexity index is 11.7. The molecule has 0 aromatic rings. The van der Waals surface area contributed by atoms with E-state index in [1.807, 2.05) is 0 Å². The molecule has 4 nitrogen and oxygen atoms in total. The van der Waals surface area contributed by atoms with Crippen molar-refractivity contribution in [1.82, 2.24) is 0 Å². The Kier molecular flexibility index (Phi) is 60.5. The van der Waals surface area contributed by atoms with Crippen LogP contribution in [-0.4, -0.2) is 9.79 Å². The normalized spacial score (nSPS) is 8.57. The molecule has 0 heterocycles. The average Bonchev–Trinajstić information content (AvgIpc) is 1.39. The molecule has 0 bridgehead atoms. The summed E-state index contributed by atoms with van der Waals surface area (Å²) in [5, 5.41) is 0. The average molecular weight is 186 g/mol. The van der Waals surface area contributed by atoms with E-state index in [9.17, 15) is 0 Å². The van der Waals surface area contributed by atoms with Gasteiger partial charge in [0.2, 0.25) is 0 Å². The van der Waals surface area contributed by atoms with E-state index in [-0.39, 0.29) is 17.1 Å². The Labute approximate surface area is 55.3 Å². The summed E-state index contributed by atoms with van der Waals surface area (Å²) in [5.41, 5.74) is 0. The van der Waals surface area contributed by atoms with E-state index < -0.39 is 18.1 Å². The largest absolute Gasteiger partial charge is 2.00 e. The van der Waals surface area contributed by atoms with Gasteiger partial charge in [-0.1, -0.05) is 18.1 Å². The topological polar surface area (TPSA) is 86.6 Å². The minimum absolute atomic E-state index is 0. The second kappa shape index (κ2) is 26.9.